The maximum Gasteiger partial charge on any atom is 0.338 e. The van der Waals surface area contributed by atoms with Gasteiger partial charge in [0.1, 0.15) is 0 Å². The molecular weight excluding hydrogens is 392 g/mol. The van der Waals surface area contributed by atoms with Crippen LogP contribution in [-0.2, 0) is 20.9 Å². The van der Waals surface area contributed by atoms with E-state index >= 15 is 0 Å². The lowest BCUT2D eigenvalue weighted by molar-refractivity contribution is -0.128. The number of anilines is 1. The summed E-state index contributed by atoms with van der Waals surface area (Å²) in [5.41, 5.74) is 1.96. The van der Waals surface area contributed by atoms with Crippen LogP contribution in [0.15, 0.2) is 66.7 Å². The Morgan fingerprint density at radius 3 is 2.48 bits per heavy atom. The van der Waals surface area contributed by atoms with Crippen molar-refractivity contribution in [3.8, 4) is 0 Å². The second kappa shape index (κ2) is 9.00. The zero-order chi connectivity index (χ0) is 21.8. The van der Waals surface area contributed by atoms with Crippen LogP contribution in [0.5, 0.6) is 0 Å². The SMILES string of the molecule is CC(OC(=O)c1ccc(CN2CCCC2=O)cc1)C(=O)Nc1ccc2ccccc2c1. The Morgan fingerprint density at radius 1 is 1.03 bits per heavy atom. The van der Waals surface area contributed by atoms with Crippen LogP contribution >= 0.6 is 0 Å². The van der Waals surface area contributed by atoms with Crippen molar-refractivity contribution < 1.29 is 19.1 Å². The first-order valence-corrected chi connectivity index (χ1v) is 10.4. The van der Waals surface area contributed by atoms with Gasteiger partial charge in [-0.25, -0.2) is 4.79 Å². The Morgan fingerprint density at radius 2 is 1.77 bits per heavy atom. The third kappa shape index (κ3) is 4.91. The first-order chi connectivity index (χ1) is 15.0. The highest BCUT2D eigenvalue weighted by molar-refractivity contribution is 5.98. The molecule has 4 rings (SSSR count). The lowest BCUT2D eigenvalue weighted by Gasteiger charge is -2.16. The van der Waals surface area contributed by atoms with E-state index in [-0.39, 0.29) is 5.91 Å². The van der Waals surface area contributed by atoms with Crippen LogP contribution in [0.1, 0.15) is 35.7 Å². The van der Waals surface area contributed by atoms with Gasteiger partial charge in [0.25, 0.3) is 5.91 Å². The van der Waals surface area contributed by atoms with Crippen LogP contribution in [-0.4, -0.2) is 35.3 Å². The molecule has 2 amide bonds. The Hall–Kier alpha value is -3.67. The minimum absolute atomic E-state index is 0.162. The van der Waals surface area contributed by atoms with Gasteiger partial charge in [0, 0.05) is 25.2 Å². The molecule has 0 saturated carbocycles. The van der Waals surface area contributed by atoms with Crippen molar-refractivity contribution in [3.05, 3.63) is 77.9 Å². The van der Waals surface area contributed by atoms with E-state index in [4.69, 9.17) is 4.74 Å². The summed E-state index contributed by atoms with van der Waals surface area (Å²) in [6, 6.07) is 20.4. The zero-order valence-corrected chi connectivity index (χ0v) is 17.3. The van der Waals surface area contributed by atoms with E-state index < -0.39 is 18.0 Å². The maximum atomic E-state index is 12.5. The van der Waals surface area contributed by atoms with Gasteiger partial charge in [-0.15, -0.1) is 0 Å². The number of likely N-dealkylation sites (tertiary alicyclic amines) is 1. The summed E-state index contributed by atoms with van der Waals surface area (Å²) in [6.07, 6.45) is 0.548. The predicted molar refractivity (Wildman–Crippen MR) is 119 cm³/mol. The van der Waals surface area contributed by atoms with Crippen molar-refractivity contribution >= 4 is 34.2 Å². The molecule has 0 spiro atoms. The first-order valence-electron chi connectivity index (χ1n) is 10.4. The number of carbonyl (C=O) groups excluding carboxylic acids is 3. The molecule has 3 aromatic rings. The molecule has 1 N–H and O–H groups in total. The highest BCUT2D eigenvalue weighted by atomic mass is 16.5. The summed E-state index contributed by atoms with van der Waals surface area (Å²) in [6.45, 7) is 2.85. The molecule has 1 fully saturated rings. The molecule has 31 heavy (non-hydrogen) atoms. The van der Waals surface area contributed by atoms with Gasteiger partial charge in [0.15, 0.2) is 6.10 Å². The smallest absolute Gasteiger partial charge is 0.338 e. The zero-order valence-electron chi connectivity index (χ0n) is 17.3. The summed E-state index contributed by atoms with van der Waals surface area (Å²) in [5, 5.41) is 4.89. The van der Waals surface area contributed by atoms with E-state index in [1.54, 1.807) is 19.1 Å². The van der Waals surface area contributed by atoms with Crippen LogP contribution in [0.2, 0.25) is 0 Å². The number of fused-ring (bicyclic) bond motifs is 1. The summed E-state index contributed by atoms with van der Waals surface area (Å²) >= 11 is 0. The number of ether oxygens (including phenoxy) is 1. The summed E-state index contributed by atoms with van der Waals surface area (Å²) in [4.78, 5) is 38.5. The van der Waals surface area contributed by atoms with Crippen molar-refractivity contribution in [1.29, 1.82) is 0 Å². The van der Waals surface area contributed by atoms with Crippen molar-refractivity contribution in [1.82, 2.24) is 4.90 Å². The van der Waals surface area contributed by atoms with E-state index in [9.17, 15) is 14.4 Å². The number of nitrogens with one attached hydrogen (secondary N) is 1. The minimum atomic E-state index is -0.944. The number of rotatable bonds is 6. The van der Waals surface area contributed by atoms with Crippen LogP contribution in [0.4, 0.5) is 5.69 Å². The van der Waals surface area contributed by atoms with Gasteiger partial charge in [-0.2, -0.15) is 0 Å². The average molecular weight is 416 g/mol. The molecule has 1 aliphatic heterocycles. The molecule has 1 heterocycles. The number of esters is 1. The molecule has 6 nitrogen and oxygen atoms in total. The number of benzene rings is 3. The fourth-order valence-corrected chi connectivity index (χ4v) is 3.63. The van der Waals surface area contributed by atoms with Crippen molar-refractivity contribution in [3.63, 3.8) is 0 Å². The molecule has 1 unspecified atom stereocenters. The predicted octanol–water partition coefficient (Wildman–Crippen LogP) is 4.15. The molecule has 1 saturated heterocycles. The van der Waals surface area contributed by atoms with Crippen molar-refractivity contribution in [2.45, 2.75) is 32.4 Å². The van der Waals surface area contributed by atoms with Gasteiger partial charge in [0.2, 0.25) is 5.91 Å². The van der Waals surface area contributed by atoms with Crippen LogP contribution in [0, 0.1) is 0 Å². The fourth-order valence-electron chi connectivity index (χ4n) is 3.63. The molecule has 0 bridgehead atoms. The quantitative estimate of drug-likeness (QED) is 0.613. The Kier molecular flexibility index (Phi) is 5.98. The van der Waals surface area contributed by atoms with Crippen LogP contribution in [0.3, 0.4) is 0 Å². The van der Waals surface area contributed by atoms with Crippen LogP contribution < -0.4 is 5.32 Å². The van der Waals surface area contributed by atoms with Gasteiger partial charge in [-0.05, 0) is 53.9 Å². The van der Waals surface area contributed by atoms with Crippen molar-refractivity contribution in [2.75, 3.05) is 11.9 Å². The van der Waals surface area contributed by atoms with E-state index in [0.29, 0.717) is 24.2 Å². The number of carbonyl (C=O) groups is 3. The van der Waals surface area contributed by atoms with Gasteiger partial charge in [0.05, 0.1) is 5.56 Å². The molecule has 0 aromatic heterocycles. The second-order valence-corrected chi connectivity index (χ2v) is 7.71. The molecule has 158 valence electrons. The highest BCUT2D eigenvalue weighted by Gasteiger charge is 2.21. The highest BCUT2D eigenvalue weighted by Crippen LogP contribution is 2.19. The lowest BCUT2D eigenvalue weighted by Crippen LogP contribution is -2.30. The number of amides is 2. The Bertz CT molecular complexity index is 1120. The molecule has 0 aliphatic carbocycles. The lowest BCUT2D eigenvalue weighted by atomic mass is 10.1. The first kappa shape index (κ1) is 20.6. The summed E-state index contributed by atoms with van der Waals surface area (Å²) < 4.78 is 5.33. The Labute approximate surface area is 180 Å². The van der Waals surface area contributed by atoms with E-state index in [2.05, 4.69) is 5.32 Å². The van der Waals surface area contributed by atoms with Crippen molar-refractivity contribution in [2.24, 2.45) is 0 Å². The molecule has 0 radical (unpaired) electrons. The molecule has 6 heteroatoms. The molecule has 1 aliphatic rings. The molecule has 3 aromatic carbocycles. The molecular formula is C25H24N2O4. The van der Waals surface area contributed by atoms with Gasteiger partial charge < -0.3 is 15.0 Å². The standard InChI is InChI=1S/C25H24N2O4/c1-17(24(29)26-22-13-12-19-5-2-3-6-21(19)15-22)31-25(30)20-10-8-18(9-11-20)16-27-14-4-7-23(27)28/h2-3,5-6,8-13,15,17H,4,7,14,16H2,1H3,(H,26,29). The average Bonchev–Trinajstić information content (AvgIpc) is 3.18. The van der Waals surface area contributed by atoms with Gasteiger partial charge in [-0.3, -0.25) is 9.59 Å². The normalized spacial score (nSPS) is 14.5. The minimum Gasteiger partial charge on any atom is -0.449 e. The summed E-state index contributed by atoms with van der Waals surface area (Å²) in [7, 11) is 0. The number of hydrogen-bond donors (Lipinski definition) is 1. The van der Waals surface area contributed by atoms with E-state index in [1.807, 2.05) is 59.5 Å². The van der Waals surface area contributed by atoms with Crippen LogP contribution in [0.25, 0.3) is 10.8 Å². The maximum absolute atomic E-state index is 12.5. The van der Waals surface area contributed by atoms with Gasteiger partial charge in [-0.1, -0.05) is 42.5 Å². The fraction of sp³-hybridized carbons (Fsp3) is 0.240. The summed E-state index contributed by atoms with van der Waals surface area (Å²) in [5.74, 6) is -0.799. The van der Waals surface area contributed by atoms with E-state index in [1.165, 1.54) is 0 Å². The molecule has 1 atom stereocenters. The van der Waals surface area contributed by atoms with E-state index in [0.717, 1.165) is 29.3 Å². The Balaban J connectivity index is 1.33. The number of nitrogens with zero attached hydrogens (tertiary/aromatic N) is 1. The third-order valence-electron chi connectivity index (χ3n) is 5.40. The van der Waals surface area contributed by atoms with Gasteiger partial charge >= 0.3 is 5.97 Å². The topological polar surface area (TPSA) is 75.7 Å². The second-order valence-electron chi connectivity index (χ2n) is 7.71. The number of hydrogen-bond acceptors (Lipinski definition) is 4. The monoisotopic (exact) mass is 416 g/mol. The third-order valence-corrected chi connectivity index (χ3v) is 5.40. The largest absolute Gasteiger partial charge is 0.449 e.